The Kier molecular flexibility index (Phi) is 6.27. The highest BCUT2D eigenvalue weighted by Crippen LogP contribution is 2.36. The number of hydrogen-bond donors (Lipinski definition) is 3. The van der Waals surface area contributed by atoms with Gasteiger partial charge < -0.3 is 10.4 Å². The molecule has 3 unspecified atom stereocenters. The number of imide groups is 1. The molecule has 3 atom stereocenters. The number of halogens is 2. The molecule has 23 heavy (non-hydrogen) atoms. The first-order valence-electron chi connectivity index (χ1n) is 7.58. The molecular formula is C16H20Cl2N2O3. The van der Waals surface area contributed by atoms with E-state index in [1.807, 2.05) is 0 Å². The van der Waals surface area contributed by atoms with E-state index in [1.165, 1.54) is 7.05 Å². The lowest BCUT2D eigenvalue weighted by Crippen LogP contribution is -2.40. The number of amides is 3. The van der Waals surface area contributed by atoms with E-state index in [2.05, 4.69) is 10.6 Å². The van der Waals surface area contributed by atoms with Crippen LogP contribution in [0.25, 0.3) is 0 Å². The maximum absolute atomic E-state index is 12.5. The lowest BCUT2D eigenvalue weighted by atomic mass is 9.86. The molecule has 1 saturated carbocycles. The summed E-state index contributed by atoms with van der Waals surface area (Å²) in [6.45, 7) is 0. The smallest absolute Gasteiger partial charge is 0.321 e. The third-order valence-electron chi connectivity index (χ3n) is 4.28. The van der Waals surface area contributed by atoms with E-state index < -0.39 is 24.0 Å². The van der Waals surface area contributed by atoms with E-state index in [1.54, 1.807) is 18.2 Å². The molecule has 1 aliphatic carbocycles. The predicted octanol–water partition coefficient (Wildman–Crippen LogP) is 3.08. The summed E-state index contributed by atoms with van der Waals surface area (Å²) in [6.07, 6.45) is 2.61. The molecule has 1 aromatic rings. The number of carbonyl (C=O) groups excluding carboxylic acids is 2. The van der Waals surface area contributed by atoms with Gasteiger partial charge in [-0.3, -0.25) is 10.1 Å². The van der Waals surface area contributed by atoms with Crippen LogP contribution in [0, 0.1) is 5.92 Å². The maximum atomic E-state index is 12.5. The van der Waals surface area contributed by atoms with Gasteiger partial charge in [-0.05, 0) is 42.9 Å². The SMILES string of the molecule is CNC(=O)NC(=O)C(CC1CCCC1O)c1ccc(Cl)c(Cl)c1. The largest absolute Gasteiger partial charge is 0.393 e. The fourth-order valence-corrected chi connectivity index (χ4v) is 3.29. The van der Waals surface area contributed by atoms with Crippen molar-refractivity contribution >= 4 is 35.1 Å². The number of benzene rings is 1. The Hall–Kier alpha value is -1.30. The van der Waals surface area contributed by atoms with Gasteiger partial charge in [-0.1, -0.05) is 35.7 Å². The van der Waals surface area contributed by atoms with Gasteiger partial charge in [0.05, 0.1) is 22.1 Å². The van der Waals surface area contributed by atoms with E-state index in [4.69, 9.17) is 23.2 Å². The molecule has 0 saturated heterocycles. The highest BCUT2D eigenvalue weighted by molar-refractivity contribution is 6.42. The Bertz CT molecular complexity index is 595. The van der Waals surface area contributed by atoms with Gasteiger partial charge in [-0.2, -0.15) is 0 Å². The fourth-order valence-electron chi connectivity index (χ4n) is 2.98. The average molecular weight is 359 g/mol. The van der Waals surface area contributed by atoms with Gasteiger partial charge in [0.15, 0.2) is 0 Å². The molecule has 0 spiro atoms. The Balaban J connectivity index is 2.24. The van der Waals surface area contributed by atoms with Crippen LogP contribution in [0.15, 0.2) is 18.2 Å². The third-order valence-corrected chi connectivity index (χ3v) is 5.02. The van der Waals surface area contributed by atoms with E-state index in [9.17, 15) is 14.7 Å². The number of carbonyl (C=O) groups is 2. The molecule has 1 aromatic carbocycles. The van der Waals surface area contributed by atoms with Gasteiger partial charge in [0.1, 0.15) is 0 Å². The summed E-state index contributed by atoms with van der Waals surface area (Å²) in [5, 5.41) is 15.5. The second kappa shape index (κ2) is 7.99. The predicted molar refractivity (Wildman–Crippen MR) is 89.8 cm³/mol. The summed E-state index contributed by atoms with van der Waals surface area (Å²) in [4.78, 5) is 23.9. The average Bonchev–Trinajstić information content (AvgIpc) is 2.92. The van der Waals surface area contributed by atoms with Crippen molar-refractivity contribution in [2.45, 2.75) is 37.7 Å². The van der Waals surface area contributed by atoms with Crippen LogP contribution in [0.5, 0.6) is 0 Å². The van der Waals surface area contributed by atoms with E-state index in [0.29, 0.717) is 22.0 Å². The van der Waals surface area contributed by atoms with Crippen LogP contribution in [0.2, 0.25) is 10.0 Å². The standard InChI is InChI=1S/C16H20Cl2N2O3/c1-19-16(23)20-15(22)11(7-10-3-2-4-14(10)21)9-5-6-12(17)13(18)8-9/h5-6,8,10-11,14,21H,2-4,7H2,1H3,(H2,19,20,22,23). The van der Waals surface area contributed by atoms with Crippen LogP contribution in [-0.2, 0) is 4.79 Å². The number of hydrogen-bond acceptors (Lipinski definition) is 3. The van der Waals surface area contributed by atoms with Crippen LogP contribution in [-0.4, -0.2) is 30.2 Å². The van der Waals surface area contributed by atoms with Crippen LogP contribution < -0.4 is 10.6 Å². The third kappa shape index (κ3) is 4.59. The van der Waals surface area contributed by atoms with Crippen molar-refractivity contribution in [1.82, 2.24) is 10.6 Å². The van der Waals surface area contributed by atoms with Gasteiger partial charge >= 0.3 is 6.03 Å². The molecule has 0 aromatic heterocycles. The lowest BCUT2D eigenvalue weighted by molar-refractivity contribution is -0.122. The minimum absolute atomic E-state index is 0.0323. The summed E-state index contributed by atoms with van der Waals surface area (Å²) in [6, 6.07) is 4.43. The number of rotatable bonds is 4. The first kappa shape index (κ1) is 18.0. The van der Waals surface area contributed by atoms with E-state index in [0.717, 1.165) is 19.3 Å². The zero-order valence-electron chi connectivity index (χ0n) is 12.8. The second-order valence-electron chi connectivity index (χ2n) is 5.79. The van der Waals surface area contributed by atoms with Crippen LogP contribution in [0.1, 0.15) is 37.2 Å². The van der Waals surface area contributed by atoms with Crippen LogP contribution >= 0.6 is 23.2 Å². The van der Waals surface area contributed by atoms with Crippen molar-refractivity contribution in [2.75, 3.05) is 7.05 Å². The van der Waals surface area contributed by atoms with Crippen LogP contribution in [0.3, 0.4) is 0 Å². The van der Waals surface area contributed by atoms with Crippen LogP contribution in [0.4, 0.5) is 4.79 Å². The molecule has 0 aliphatic heterocycles. The van der Waals surface area contributed by atoms with Gasteiger partial charge in [-0.25, -0.2) is 4.79 Å². The number of aliphatic hydroxyl groups excluding tert-OH is 1. The Labute approximate surface area is 145 Å². The van der Waals surface area contributed by atoms with Crippen molar-refractivity contribution in [3.05, 3.63) is 33.8 Å². The lowest BCUT2D eigenvalue weighted by Gasteiger charge is -2.22. The quantitative estimate of drug-likeness (QED) is 0.773. The van der Waals surface area contributed by atoms with E-state index >= 15 is 0 Å². The number of aliphatic hydroxyl groups is 1. The molecule has 0 radical (unpaired) electrons. The number of urea groups is 1. The Morgan fingerprint density at radius 2 is 2.04 bits per heavy atom. The molecule has 5 nitrogen and oxygen atoms in total. The normalized spacial score (nSPS) is 21.7. The fraction of sp³-hybridized carbons (Fsp3) is 0.500. The molecule has 0 heterocycles. The van der Waals surface area contributed by atoms with Gasteiger partial charge in [0.25, 0.3) is 0 Å². The van der Waals surface area contributed by atoms with Gasteiger partial charge in [-0.15, -0.1) is 0 Å². The first-order valence-corrected chi connectivity index (χ1v) is 8.33. The minimum Gasteiger partial charge on any atom is -0.393 e. The van der Waals surface area contributed by atoms with Crippen molar-refractivity contribution in [2.24, 2.45) is 5.92 Å². The van der Waals surface area contributed by atoms with Gasteiger partial charge in [0, 0.05) is 7.05 Å². The topological polar surface area (TPSA) is 78.4 Å². The highest BCUT2D eigenvalue weighted by Gasteiger charge is 2.32. The van der Waals surface area contributed by atoms with Crippen molar-refractivity contribution in [1.29, 1.82) is 0 Å². The Morgan fingerprint density at radius 3 is 2.61 bits per heavy atom. The summed E-state index contributed by atoms with van der Waals surface area (Å²) in [5.41, 5.74) is 0.680. The van der Waals surface area contributed by atoms with Crippen molar-refractivity contribution in [3.8, 4) is 0 Å². The minimum atomic E-state index is -0.570. The summed E-state index contributed by atoms with van der Waals surface area (Å²) in [5.74, 6) is -0.952. The monoisotopic (exact) mass is 358 g/mol. The van der Waals surface area contributed by atoms with Crippen molar-refractivity contribution in [3.63, 3.8) is 0 Å². The highest BCUT2D eigenvalue weighted by atomic mass is 35.5. The Morgan fingerprint density at radius 1 is 1.30 bits per heavy atom. The molecule has 3 amide bonds. The molecule has 1 aliphatic rings. The molecule has 0 bridgehead atoms. The first-order chi connectivity index (χ1) is 10.9. The molecule has 3 N–H and O–H groups in total. The second-order valence-corrected chi connectivity index (χ2v) is 6.60. The summed E-state index contributed by atoms with van der Waals surface area (Å²) in [7, 11) is 1.44. The molecule has 126 valence electrons. The van der Waals surface area contributed by atoms with E-state index in [-0.39, 0.29) is 5.92 Å². The number of nitrogens with one attached hydrogen (secondary N) is 2. The van der Waals surface area contributed by atoms with Crippen molar-refractivity contribution < 1.29 is 14.7 Å². The molecule has 2 rings (SSSR count). The summed E-state index contributed by atoms with van der Waals surface area (Å²) < 4.78 is 0. The molecule has 1 fully saturated rings. The molecule has 7 heteroatoms. The zero-order valence-corrected chi connectivity index (χ0v) is 14.3. The van der Waals surface area contributed by atoms with Gasteiger partial charge in [0.2, 0.25) is 5.91 Å². The zero-order chi connectivity index (χ0) is 17.0. The molecular weight excluding hydrogens is 339 g/mol. The maximum Gasteiger partial charge on any atom is 0.321 e. The summed E-state index contributed by atoms with van der Waals surface area (Å²) >= 11 is 12.0.